The Morgan fingerprint density at radius 1 is 1.15 bits per heavy atom. The summed E-state index contributed by atoms with van der Waals surface area (Å²) in [5.74, 6) is 0.965. The number of fused-ring (bicyclic) bond motifs is 1. The normalized spacial score (nSPS) is 12.2. The van der Waals surface area contributed by atoms with Crippen LogP contribution in [0.2, 0.25) is 0 Å². The van der Waals surface area contributed by atoms with Crippen LogP contribution in [0.3, 0.4) is 0 Å². The molecule has 0 aliphatic rings. The van der Waals surface area contributed by atoms with Crippen molar-refractivity contribution in [2.45, 2.75) is 13.8 Å². The molecule has 0 aliphatic heterocycles. The van der Waals surface area contributed by atoms with Crippen LogP contribution >= 0.6 is 0 Å². The van der Waals surface area contributed by atoms with Gasteiger partial charge in [0.15, 0.2) is 0 Å². The molecule has 0 aliphatic carbocycles. The SMILES string of the molecule is CCN(CC)CCN=C(N)c1ccc2nc(-c3ccc(F)cc3)[nH]c2c1. The molecule has 1 heterocycles. The lowest BCUT2D eigenvalue weighted by atomic mass is 10.2. The summed E-state index contributed by atoms with van der Waals surface area (Å²) < 4.78 is 13.1. The average Bonchev–Trinajstić information content (AvgIpc) is 3.09. The number of aromatic nitrogens is 2. The number of hydrogen-bond donors (Lipinski definition) is 2. The molecule has 0 amide bonds. The van der Waals surface area contributed by atoms with Crippen molar-refractivity contribution < 1.29 is 4.39 Å². The van der Waals surface area contributed by atoms with E-state index in [0.717, 1.165) is 41.8 Å². The molecule has 3 rings (SSSR count). The van der Waals surface area contributed by atoms with Gasteiger partial charge in [-0.2, -0.15) is 0 Å². The number of nitrogens with zero attached hydrogens (tertiary/aromatic N) is 3. The van der Waals surface area contributed by atoms with Gasteiger partial charge in [0, 0.05) is 17.7 Å². The Labute approximate surface area is 152 Å². The summed E-state index contributed by atoms with van der Waals surface area (Å²) in [6.07, 6.45) is 0. The first-order chi connectivity index (χ1) is 12.6. The third kappa shape index (κ3) is 4.08. The van der Waals surface area contributed by atoms with Crippen molar-refractivity contribution in [1.29, 1.82) is 0 Å². The van der Waals surface area contributed by atoms with E-state index in [4.69, 9.17) is 5.73 Å². The van der Waals surface area contributed by atoms with Gasteiger partial charge in [-0.25, -0.2) is 9.37 Å². The van der Waals surface area contributed by atoms with E-state index in [1.807, 2.05) is 18.2 Å². The van der Waals surface area contributed by atoms with Crippen molar-refractivity contribution in [3.8, 4) is 11.4 Å². The van der Waals surface area contributed by atoms with Gasteiger partial charge in [0.1, 0.15) is 17.5 Å². The van der Waals surface area contributed by atoms with Gasteiger partial charge in [0.05, 0.1) is 17.6 Å². The van der Waals surface area contributed by atoms with Crippen LogP contribution in [0.5, 0.6) is 0 Å². The largest absolute Gasteiger partial charge is 0.384 e. The number of aromatic amines is 1. The molecular weight excluding hydrogens is 329 g/mol. The lowest BCUT2D eigenvalue weighted by molar-refractivity contribution is 0.313. The molecule has 2 aromatic carbocycles. The molecular formula is C20H24FN5. The number of hydrogen-bond acceptors (Lipinski definition) is 3. The van der Waals surface area contributed by atoms with Crippen LogP contribution in [-0.4, -0.2) is 46.9 Å². The fourth-order valence-corrected chi connectivity index (χ4v) is 2.86. The van der Waals surface area contributed by atoms with E-state index in [2.05, 4.69) is 33.7 Å². The minimum absolute atomic E-state index is 0.263. The van der Waals surface area contributed by atoms with Gasteiger partial charge in [0.2, 0.25) is 0 Å². The number of imidazole rings is 1. The quantitative estimate of drug-likeness (QED) is 0.505. The van der Waals surface area contributed by atoms with E-state index in [1.54, 1.807) is 12.1 Å². The minimum atomic E-state index is -0.263. The number of benzene rings is 2. The zero-order valence-electron chi connectivity index (χ0n) is 15.2. The summed E-state index contributed by atoms with van der Waals surface area (Å²) in [4.78, 5) is 14.6. The minimum Gasteiger partial charge on any atom is -0.384 e. The topological polar surface area (TPSA) is 70.3 Å². The number of halogens is 1. The van der Waals surface area contributed by atoms with Crippen molar-refractivity contribution in [1.82, 2.24) is 14.9 Å². The lowest BCUT2D eigenvalue weighted by Gasteiger charge is -2.16. The van der Waals surface area contributed by atoms with E-state index in [9.17, 15) is 4.39 Å². The summed E-state index contributed by atoms with van der Waals surface area (Å²) in [5.41, 5.74) is 9.57. The second-order valence-corrected chi connectivity index (χ2v) is 6.12. The molecule has 6 heteroatoms. The van der Waals surface area contributed by atoms with Gasteiger partial charge < -0.3 is 15.6 Å². The van der Waals surface area contributed by atoms with Crippen LogP contribution < -0.4 is 5.73 Å². The van der Waals surface area contributed by atoms with E-state index >= 15 is 0 Å². The summed E-state index contributed by atoms with van der Waals surface area (Å²) in [5, 5.41) is 0. The van der Waals surface area contributed by atoms with Gasteiger partial charge in [-0.1, -0.05) is 13.8 Å². The zero-order chi connectivity index (χ0) is 18.5. The highest BCUT2D eigenvalue weighted by molar-refractivity contribution is 6.00. The van der Waals surface area contributed by atoms with E-state index in [1.165, 1.54) is 12.1 Å². The number of likely N-dealkylation sites (N-methyl/N-ethyl adjacent to an activating group) is 1. The van der Waals surface area contributed by atoms with Gasteiger partial charge in [-0.3, -0.25) is 4.99 Å². The Bertz CT molecular complexity index is 894. The molecule has 0 radical (unpaired) electrons. The van der Waals surface area contributed by atoms with Crippen LogP contribution in [0.1, 0.15) is 19.4 Å². The monoisotopic (exact) mass is 353 g/mol. The van der Waals surface area contributed by atoms with Crippen LogP contribution in [0.25, 0.3) is 22.4 Å². The summed E-state index contributed by atoms with van der Waals surface area (Å²) in [7, 11) is 0. The Balaban J connectivity index is 1.79. The summed E-state index contributed by atoms with van der Waals surface area (Å²) in [6.45, 7) is 7.88. The van der Waals surface area contributed by atoms with Crippen molar-refractivity contribution in [2.24, 2.45) is 10.7 Å². The Morgan fingerprint density at radius 3 is 2.58 bits per heavy atom. The molecule has 0 saturated heterocycles. The zero-order valence-corrected chi connectivity index (χ0v) is 15.2. The lowest BCUT2D eigenvalue weighted by Crippen LogP contribution is -2.26. The number of aliphatic imine (C=N–C) groups is 1. The molecule has 3 N–H and O–H groups in total. The van der Waals surface area contributed by atoms with Crippen LogP contribution in [0, 0.1) is 5.82 Å². The number of rotatable bonds is 7. The van der Waals surface area contributed by atoms with Gasteiger partial charge in [-0.15, -0.1) is 0 Å². The molecule has 0 bridgehead atoms. The third-order valence-corrected chi connectivity index (χ3v) is 4.49. The van der Waals surface area contributed by atoms with Crippen molar-refractivity contribution in [3.63, 3.8) is 0 Å². The average molecular weight is 353 g/mol. The Morgan fingerprint density at radius 2 is 1.88 bits per heavy atom. The second-order valence-electron chi connectivity index (χ2n) is 6.12. The number of nitrogens with one attached hydrogen (secondary N) is 1. The second kappa shape index (κ2) is 8.10. The fraction of sp³-hybridized carbons (Fsp3) is 0.300. The van der Waals surface area contributed by atoms with Crippen LogP contribution in [-0.2, 0) is 0 Å². The number of nitrogens with two attached hydrogens (primary N) is 1. The molecule has 0 atom stereocenters. The Kier molecular flexibility index (Phi) is 5.63. The van der Waals surface area contributed by atoms with Crippen LogP contribution in [0.4, 0.5) is 4.39 Å². The van der Waals surface area contributed by atoms with Crippen molar-refractivity contribution in [3.05, 3.63) is 53.8 Å². The molecule has 3 aromatic rings. The molecule has 0 fully saturated rings. The molecule has 0 spiro atoms. The summed E-state index contributed by atoms with van der Waals surface area (Å²) in [6, 6.07) is 12.1. The van der Waals surface area contributed by atoms with E-state index < -0.39 is 0 Å². The highest BCUT2D eigenvalue weighted by Crippen LogP contribution is 2.21. The van der Waals surface area contributed by atoms with E-state index in [-0.39, 0.29) is 5.82 Å². The third-order valence-electron chi connectivity index (χ3n) is 4.49. The highest BCUT2D eigenvalue weighted by atomic mass is 19.1. The molecule has 5 nitrogen and oxygen atoms in total. The predicted octanol–water partition coefficient (Wildman–Crippen LogP) is 3.42. The molecule has 0 saturated carbocycles. The smallest absolute Gasteiger partial charge is 0.138 e. The van der Waals surface area contributed by atoms with Crippen molar-refractivity contribution in [2.75, 3.05) is 26.2 Å². The maximum Gasteiger partial charge on any atom is 0.138 e. The first-order valence-corrected chi connectivity index (χ1v) is 8.89. The first kappa shape index (κ1) is 18.1. The fourth-order valence-electron chi connectivity index (χ4n) is 2.86. The standard InChI is InChI=1S/C20H24FN5/c1-3-26(4-2)12-11-23-19(22)15-7-10-17-18(13-15)25-20(24-17)14-5-8-16(21)9-6-14/h5-10,13H,3-4,11-12H2,1-2H3,(H2,22,23)(H,24,25). The molecule has 1 aromatic heterocycles. The molecule has 26 heavy (non-hydrogen) atoms. The predicted molar refractivity (Wildman–Crippen MR) is 105 cm³/mol. The number of H-pyrrole nitrogens is 1. The number of amidine groups is 1. The maximum absolute atomic E-state index is 13.1. The van der Waals surface area contributed by atoms with Gasteiger partial charge in [-0.05, 0) is 55.6 Å². The first-order valence-electron chi connectivity index (χ1n) is 8.89. The summed E-state index contributed by atoms with van der Waals surface area (Å²) >= 11 is 0. The maximum atomic E-state index is 13.1. The van der Waals surface area contributed by atoms with Crippen LogP contribution in [0.15, 0.2) is 47.5 Å². The molecule has 0 unspecified atom stereocenters. The highest BCUT2D eigenvalue weighted by Gasteiger charge is 2.08. The molecule has 136 valence electrons. The Hall–Kier alpha value is -2.73. The van der Waals surface area contributed by atoms with Gasteiger partial charge >= 0.3 is 0 Å². The van der Waals surface area contributed by atoms with Crippen molar-refractivity contribution >= 4 is 16.9 Å². The van der Waals surface area contributed by atoms with Gasteiger partial charge in [0.25, 0.3) is 0 Å². The van der Waals surface area contributed by atoms with E-state index in [0.29, 0.717) is 18.2 Å².